The van der Waals surface area contributed by atoms with Gasteiger partial charge in [0.2, 0.25) is 0 Å². The van der Waals surface area contributed by atoms with Crippen LogP contribution in [0.5, 0.6) is 5.75 Å². The second-order valence-electron chi connectivity index (χ2n) is 6.43. The molecule has 2 aromatic rings. The van der Waals surface area contributed by atoms with Crippen molar-refractivity contribution in [3.8, 4) is 5.75 Å². The first-order chi connectivity index (χ1) is 13.5. The van der Waals surface area contributed by atoms with Crippen molar-refractivity contribution < 1.29 is 19.1 Å². The van der Waals surface area contributed by atoms with Gasteiger partial charge in [0.25, 0.3) is 11.8 Å². The number of methoxy groups -OCH3 is 1. The van der Waals surface area contributed by atoms with Crippen molar-refractivity contribution in [3.63, 3.8) is 0 Å². The molecule has 0 aliphatic carbocycles. The van der Waals surface area contributed by atoms with Crippen molar-refractivity contribution >= 4 is 17.5 Å². The number of nitrogens with one attached hydrogen (secondary N) is 2. The lowest BCUT2D eigenvalue weighted by Crippen LogP contribution is -2.30. The van der Waals surface area contributed by atoms with E-state index in [1.807, 2.05) is 24.3 Å². The summed E-state index contributed by atoms with van der Waals surface area (Å²) in [7, 11) is 1.62. The summed E-state index contributed by atoms with van der Waals surface area (Å²) in [5, 5.41) is 5.61. The van der Waals surface area contributed by atoms with E-state index < -0.39 is 6.10 Å². The predicted molar refractivity (Wildman–Crippen MR) is 110 cm³/mol. The number of anilines is 1. The molecule has 2 N–H and O–H groups in total. The maximum atomic E-state index is 12.4. The zero-order chi connectivity index (χ0) is 20.4. The summed E-state index contributed by atoms with van der Waals surface area (Å²) in [4.78, 5) is 24.6. The van der Waals surface area contributed by atoms with Gasteiger partial charge in [0.05, 0.1) is 0 Å². The Labute approximate surface area is 166 Å². The normalized spacial score (nSPS) is 11.5. The van der Waals surface area contributed by atoms with Crippen molar-refractivity contribution in [2.75, 3.05) is 25.6 Å². The van der Waals surface area contributed by atoms with Gasteiger partial charge in [-0.1, -0.05) is 25.1 Å². The second-order valence-corrected chi connectivity index (χ2v) is 6.43. The molecule has 2 amide bonds. The van der Waals surface area contributed by atoms with Gasteiger partial charge in [-0.15, -0.1) is 0 Å². The monoisotopic (exact) mass is 384 g/mol. The summed E-state index contributed by atoms with van der Waals surface area (Å²) in [6.45, 7) is 4.90. The van der Waals surface area contributed by atoms with Gasteiger partial charge in [0.1, 0.15) is 5.75 Å². The summed E-state index contributed by atoms with van der Waals surface area (Å²) >= 11 is 0. The molecular formula is C22H28N2O4. The van der Waals surface area contributed by atoms with Gasteiger partial charge in [-0.05, 0) is 55.7 Å². The van der Waals surface area contributed by atoms with Crippen molar-refractivity contribution in [2.24, 2.45) is 0 Å². The highest BCUT2D eigenvalue weighted by Gasteiger charge is 2.15. The predicted octanol–water partition coefficient (Wildman–Crippen LogP) is 3.42. The smallest absolute Gasteiger partial charge is 0.265 e. The molecule has 1 unspecified atom stereocenters. The fraction of sp³-hybridized carbons (Fsp3) is 0.364. The molecule has 6 heteroatoms. The van der Waals surface area contributed by atoms with Gasteiger partial charge in [0, 0.05) is 31.5 Å². The number of hydrogen-bond donors (Lipinski definition) is 2. The van der Waals surface area contributed by atoms with Crippen LogP contribution < -0.4 is 15.4 Å². The molecule has 0 radical (unpaired) electrons. The van der Waals surface area contributed by atoms with Crippen LogP contribution in [0.3, 0.4) is 0 Å². The highest BCUT2D eigenvalue weighted by molar-refractivity contribution is 5.98. The van der Waals surface area contributed by atoms with E-state index in [1.165, 1.54) is 5.56 Å². The van der Waals surface area contributed by atoms with Crippen molar-refractivity contribution in [2.45, 2.75) is 32.8 Å². The number of ether oxygens (including phenoxy) is 2. The van der Waals surface area contributed by atoms with E-state index in [1.54, 1.807) is 38.3 Å². The molecule has 2 aromatic carbocycles. The zero-order valence-electron chi connectivity index (χ0n) is 16.7. The van der Waals surface area contributed by atoms with Crippen LogP contribution in [0, 0.1) is 0 Å². The van der Waals surface area contributed by atoms with Crippen LogP contribution in [0.4, 0.5) is 5.69 Å². The van der Waals surface area contributed by atoms with Crippen LogP contribution in [0.2, 0.25) is 0 Å². The molecule has 0 spiro atoms. The summed E-state index contributed by atoms with van der Waals surface area (Å²) in [5.74, 6) is 0.175. The molecule has 0 aromatic heterocycles. The number of benzene rings is 2. The van der Waals surface area contributed by atoms with E-state index >= 15 is 0 Å². The first-order valence-corrected chi connectivity index (χ1v) is 9.47. The lowest BCUT2D eigenvalue weighted by molar-refractivity contribution is -0.122. The molecule has 2 rings (SSSR count). The molecule has 1 atom stereocenters. The highest BCUT2D eigenvalue weighted by atomic mass is 16.5. The number of amides is 2. The fourth-order valence-electron chi connectivity index (χ4n) is 2.56. The van der Waals surface area contributed by atoms with Crippen molar-refractivity contribution in [3.05, 3.63) is 59.7 Å². The molecule has 28 heavy (non-hydrogen) atoms. The Morgan fingerprint density at radius 3 is 2.54 bits per heavy atom. The van der Waals surface area contributed by atoms with E-state index in [0.29, 0.717) is 30.2 Å². The molecular weight excluding hydrogens is 356 g/mol. The minimum atomic E-state index is -0.668. The summed E-state index contributed by atoms with van der Waals surface area (Å²) in [6.07, 6.45) is 1.03. The average molecular weight is 384 g/mol. The summed E-state index contributed by atoms with van der Waals surface area (Å²) in [6, 6.07) is 14.5. The van der Waals surface area contributed by atoms with E-state index in [-0.39, 0.29) is 11.8 Å². The SMILES string of the molecule is CCc1ccc(OC(C)C(=O)Nc2cccc(C(=O)NCCCOC)c2)cc1. The van der Waals surface area contributed by atoms with Crippen LogP contribution in [0.1, 0.15) is 36.2 Å². The number of hydrogen-bond acceptors (Lipinski definition) is 4. The number of aryl methyl sites for hydroxylation is 1. The zero-order valence-corrected chi connectivity index (χ0v) is 16.7. The third-order valence-electron chi connectivity index (χ3n) is 4.22. The Hall–Kier alpha value is -2.86. The van der Waals surface area contributed by atoms with Crippen LogP contribution in [0.15, 0.2) is 48.5 Å². The molecule has 0 saturated heterocycles. The Kier molecular flexibility index (Phi) is 8.49. The van der Waals surface area contributed by atoms with Crippen molar-refractivity contribution in [1.29, 1.82) is 0 Å². The Morgan fingerprint density at radius 2 is 1.86 bits per heavy atom. The maximum absolute atomic E-state index is 12.4. The van der Waals surface area contributed by atoms with E-state index in [9.17, 15) is 9.59 Å². The lowest BCUT2D eigenvalue weighted by Gasteiger charge is -2.15. The molecule has 0 bridgehead atoms. The topological polar surface area (TPSA) is 76.7 Å². The summed E-state index contributed by atoms with van der Waals surface area (Å²) < 4.78 is 10.7. The van der Waals surface area contributed by atoms with Gasteiger partial charge in [-0.25, -0.2) is 0 Å². The minimum Gasteiger partial charge on any atom is -0.481 e. The Balaban J connectivity index is 1.90. The molecule has 150 valence electrons. The summed E-state index contributed by atoms with van der Waals surface area (Å²) in [5.41, 5.74) is 2.24. The van der Waals surface area contributed by atoms with Gasteiger partial charge >= 0.3 is 0 Å². The number of rotatable bonds is 10. The van der Waals surface area contributed by atoms with Crippen LogP contribution in [0.25, 0.3) is 0 Å². The molecule has 0 aliphatic heterocycles. The van der Waals surface area contributed by atoms with Crippen molar-refractivity contribution in [1.82, 2.24) is 5.32 Å². The lowest BCUT2D eigenvalue weighted by atomic mass is 10.1. The van der Waals surface area contributed by atoms with Gasteiger partial charge < -0.3 is 20.1 Å². The number of carbonyl (C=O) groups is 2. The highest BCUT2D eigenvalue weighted by Crippen LogP contribution is 2.16. The maximum Gasteiger partial charge on any atom is 0.265 e. The molecule has 0 fully saturated rings. The standard InChI is InChI=1S/C22H28N2O4/c1-4-17-9-11-20(12-10-17)28-16(2)21(25)24-19-8-5-7-18(15-19)22(26)23-13-6-14-27-3/h5,7-12,15-16H,4,6,13-14H2,1-3H3,(H,23,26)(H,24,25). The Morgan fingerprint density at radius 1 is 1.11 bits per heavy atom. The fourth-order valence-corrected chi connectivity index (χ4v) is 2.56. The Bertz CT molecular complexity index is 774. The van der Waals surface area contributed by atoms with Gasteiger partial charge in [-0.3, -0.25) is 9.59 Å². The first kappa shape index (κ1) is 21.4. The van der Waals surface area contributed by atoms with Crippen LogP contribution in [-0.2, 0) is 16.0 Å². The van der Waals surface area contributed by atoms with E-state index in [2.05, 4.69) is 17.6 Å². The average Bonchev–Trinajstić information content (AvgIpc) is 2.71. The third-order valence-corrected chi connectivity index (χ3v) is 4.22. The van der Waals surface area contributed by atoms with Crippen LogP contribution >= 0.6 is 0 Å². The minimum absolute atomic E-state index is 0.187. The molecule has 0 aliphatic rings. The second kappa shape index (κ2) is 11.1. The molecule has 0 heterocycles. The first-order valence-electron chi connectivity index (χ1n) is 9.47. The van der Waals surface area contributed by atoms with Gasteiger partial charge in [0.15, 0.2) is 6.10 Å². The van der Waals surface area contributed by atoms with Gasteiger partial charge in [-0.2, -0.15) is 0 Å². The number of carbonyl (C=O) groups excluding carboxylic acids is 2. The quantitative estimate of drug-likeness (QED) is 0.616. The largest absolute Gasteiger partial charge is 0.481 e. The van der Waals surface area contributed by atoms with Crippen LogP contribution in [-0.4, -0.2) is 38.2 Å². The molecule has 0 saturated carbocycles. The van der Waals surface area contributed by atoms with E-state index in [0.717, 1.165) is 12.8 Å². The third kappa shape index (κ3) is 6.70. The van der Waals surface area contributed by atoms with E-state index in [4.69, 9.17) is 9.47 Å². The molecule has 6 nitrogen and oxygen atoms in total.